The first kappa shape index (κ1) is 30.0. The Labute approximate surface area is 261 Å². The van der Waals surface area contributed by atoms with Crippen LogP contribution in [0.25, 0.3) is 22.3 Å². The van der Waals surface area contributed by atoms with Gasteiger partial charge in [0.05, 0.1) is 35.1 Å². The summed E-state index contributed by atoms with van der Waals surface area (Å²) in [5.74, 6) is -1.11. The Kier molecular flexibility index (Phi) is 6.98. The molecule has 7 rings (SSSR count). The zero-order valence-corrected chi connectivity index (χ0v) is 26.5. The van der Waals surface area contributed by atoms with Crippen molar-refractivity contribution in [3.05, 3.63) is 61.7 Å². The number of halogens is 1. The van der Waals surface area contributed by atoms with Crippen molar-refractivity contribution in [3.8, 4) is 11.4 Å². The molecule has 1 amide bonds. The third-order valence-electron chi connectivity index (χ3n) is 10.2. The number of fused-ring (bicyclic) bond motifs is 5. The van der Waals surface area contributed by atoms with E-state index in [1.54, 1.807) is 24.5 Å². The maximum absolute atomic E-state index is 15.2. The molecule has 3 aromatic rings. The lowest BCUT2D eigenvalue weighted by Gasteiger charge is -2.31. The standard InChI is InChI=1S/C35H40FN3O6/c1-6-35(43)22-13-26-29-20(15-39(26)32(41)21(22)16-45-33(35)42)28-24(10-9-19-17(2)23(36)14-25(37-29)27(19)28)38-31(40)30(18-7-8-18)44-12-11-34(3,4)5/h13-14,18,24,30,43H,6-12,15-16H2,1-5H3,(H,38,40)/t24-,30+,35-/m0/s1. The van der Waals surface area contributed by atoms with Crippen LogP contribution < -0.4 is 10.9 Å². The van der Waals surface area contributed by atoms with Gasteiger partial charge in [0.1, 0.15) is 18.5 Å². The van der Waals surface area contributed by atoms with Crippen molar-refractivity contribution in [2.24, 2.45) is 11.3 Å². The highest BCUT2D eigenvalue weighted by Gasteiger charge is 2.46. The van der Waals surface area contributed by atoms with Gasteiger partial charge in [0.2, 0.25) is 5.91 Å². The molecule has 45 heavy (non-hydrogen) atoms. The zero-order valence-electron chi connectivity index (χ0n) is 26.5. The van der Waals surface area contributed by atoms with E-state index < -0.39 is 23.7 Å². The van der Waals surface area contributed by atoms with Crippen LogP contribution in [0.1, 0.15) is 99.2 Å². The van der Waals surface area contributed by atoms with Crippen LogP contribution in [-0.4, -0.2) is 39.2 Å². The number of ether oxygens (including phenoxy) is 2. The van der Waals surface area contributed by atoms with Crippen molar-refractivity contribution in [1.82, 2.24) is 14.9 Å². The van der Waals surface area contributed by atoms with Gasteiger partial charge >= 0.3 is 5.97 Å². The number of cyclic esters (lactones) is 1. The van der Waals surface area contributed by atoms with Crippen molar-refractivity contribution >= 4 is 22.8 Å². The van der Waals surface area contributed by atoms with Crippen molar-refractivity contribution in [3.63, 3.8) is 0 Å². The lowest BCUT2D eigenvalue weighted by molar-refractivity contribution is -0.172. The largest absolute Gasteiger partial charge is 0.458 e. The summed E-state index contributed by atoms with van der Waals surface area (Å²) in [6.45, 7) is 10.3. The third kappa shape index (κ3) is 4.79. The molecule has 1 aromatic carbocycles. The first-order valence-corrected chi connectivity index (χ1v) is 16.1. The molecule has 0 unspecified atom stereocenters. The van der Waals surface area contributed by atoms with E-state index >= 15 is 4.39 Å². The fourth-order valence-corrected chi connectivity index (χ4v) is 7.27. The zero-order chi connectivity index (χ0) is 32.0. The number of nitrogens with one attached hydrogen (secondary N) is 1. The molecular formula is C35H40FN3O6. The van der Waals surface area contributed by atoms with Gasteiger partial charge in [-0.3, -0.25) is 9.59 Å². The minimum Gasteiger partial charge on any atom is -0.458 e. The lowest BCUT2D eigenvalue weighted by Crippen LogP contribution is -2.44. The van der Waals surface area contributed by atoms with Crippen LogP contribution in [-0.2, 0) is 44.2 Å². The predicted molar refractivity (Wildman–Crippen MR) is 165 cm³/mol. The van der Waals surface area contributed by atoms with E-state index in [2.05, 4.69) is 26.1 Å². The second-order valence-electron chi connectivity index (χ2n) is 14.4. The van der Waals surface area contributed by atoms with Gasteiger partial charge in [-0.2, -0.15) is 0 Å². The van der Waals surface area contributed by atoms with Gasteiger partial charge < -0.3 is 24.5 Å². The highest BCUT2D eigenvalue weighted by Crippen LogP contribution is 2.46. The molecule has 1 fully saturated rings. The number of aromatic nitrogens is 2. The van der Waals surface area contributed by atoms with Gasteiger partial charge in [-0.15, -0.1) is 0 Å². The summed E-state index contributed by atoms with van der Waals surface area (Å²) in [4.78, 5) is 45.2. The minimum absolute atomic E-state index is 0.0346. The number of hydrogen-bond donors (Lipinski definition) is 2. The van der Waals surface area contributed by atoms with Crippen molar-refractivity contribution < 1.29 is 28.6 Å². The molecule has 0 bridgehead atoms. The second-order valence-corrected chi connectivity index (χ2v) is 14.4. The van der Waals surface area contributed by atoms with Crippen molar-refractivity contribution in [2.45, 2.75) is 104 Å². The Balaban J connectivity index is 1.34. The molecule has 10 heteroatoms. The number of amides is 1. The quantitative estimate of drug-likeness (QED) is 0.284. The molecule has 0 spiro atoms. The predicted octanol–water partition coefficient (Wildman–Crippen LogP) is 4.86. The maximum Gasteiger partial charge on any atom is 0.343 e. The first-order valence-electron chi connectivity index (χ1n) is 16.1. The number of nitrogens with zero attached hydrogens (tertiary/aromatic N) is 2. The van der Waals surface area contributed by atoms with Gasteiger partial charge in [-0.1, -0.05) is 27.7 Å². The molecule has 238 valence electrons. The summed E-state index contributed by atoms with van der Waals surface area (Å²) in [5, 5.41) is 15.4. The van der Waals surface area contributed by atoms with Crippen LogP contribution in [0.4, 0.5) is 4.39 Å². The number of benzene rings is 1. The van der Waals surface area contributed by atoms with Crippen molar-refractivity contribution in [1.29, 1.82) is 0 Å². The summed E-state index contributed by atoms with van der Waals surface area (Å²) < 4.78 is 28.2. The Morgan fingerprint density at radius 3 is 2.67 bits per heavy atom. The molecule has 2 aliphatic carbocycles. The van der Waals surface area contributed by atoms with Gasteiger partial charge in [0.25, 0.3) is 5.56 Å². The van der Waals surface area contributed by atoms with Gasteiger partial charge in [-0.05, 0) is 79.5 Å². The minimum atomic E-state index is -1.95. The monoisotopic (exact) mass is 617 g/mol. The molecule has 3 atom stereocenters. The van der Waals surface area contributed by atoms with Crippen LogP contribution in [0, 0.1) is 24.1 Å². The van der Waals surface area contributed by atoms with Crippen LogP contribution in [0.15, 0.2) is 16.9 Å². The third-order valence-corrected chi connectivity index (χ3v) is 10.2. The fraction of sp³-hybridized carbons (Fsp3) is 0.543. The highest BCUT2D eigenvalue weighted by atomic mass is 19.1. The van der Waals surface area contributed by atoms with E-state index in [9.17, 15) is 19.5 Å². The number of esters is 1. The molecule has 1 saturated carbocycles. The van der Waals surface area contributed by atoms with E-state index in [-0.39, 0.29) is 59.3 Å². The van der Waals surface area contributed by atoms with Crippen LogP contribution in [0.2, 0.25) is 0 Å². The topological polar surface area (TPSA) is 120 Å². The number of rotatable bonds is 7. The van der Waals surface area contributed by atoms with E-state index in [1.807, 2.05) is 0 Å². The summed E-state index contributed by atoms with van der Waals surface area (Å²) in [6, 6.07) is 2.69. The van der Waals surface area contributed by atoms with E-state index in [0.29, 0.717) is 41.9 Å². The number of aryl methyl sites for hydroxylation is 1. The molecule has 4 aliphatic rings. The number of aliphatic hydroxyl groups is 1. The van der Waals surface area contributed by atoms with Crippen LogP contribution >= 0.6 is 0 Å². The summed E-state index contributed by atoms with van der Waals surface area (Å²) >= 11 is 0. The van der Waals surface area contributed by atoms with Crippen LogP contribution in [0.5, 0.6) is 0 Å². The average Bonchev–Trinajstić information content (AvgIpc) is 3.76. The molecule has 2 N–H and O–H groups in total. The smallest absolute Gasteiger partial charge is 0.343 e. The molecule has 9 nitrogen and oxygen atoms in total. The maximum atomic E-state index is 15.2. The molecule has 4 heterocycles. The highest BCUT2D eigenvalue weighted by molar-refractivity contribution is 5.94. The number of pyridine rings is 2. The Bertz CT molecular complexity index is 1840. The summed E-state index contributed by atoms with van der Waals surface area (Å²) in [5.41, 5.74) is 2.67. The fourth-order valence-electron chi connectivity index (χ4n) is 7.27. The number of carbonyl (C=O) groups is 2. The molecule has 2 aromatic heterocycles. The normalized spacial score (nSPS) is 22.5. The Morgan fingerprint density at radius 2 is 1.98 bits per heavy atom. The summed E-state index contributed by atoms with van der Waals surface area (Å²) in [7, 11) is 0. The molecule has 2 aliphatic heterocycles. The van der Waals surface area contributed by atoms with Crippen molar-refractivity contribution in [2.75, 3.05) is 6.61 Å². The van der Waals surface area contributed by atoms with Crippen LogP contribution in [0.3, 0.4) is 0 Å². The van der Waals surface area contributed by atoms with Gasteiger partial charge in [0.15, 0.2) is 5.60 Å². The summed E-state index contributed by atoms with van der Waals surface area (Å²) in [6.07, 6.45) is 3.37. The second kappa shape index (κ2) is 10.5. The number of hydrogen-bond acceptors (Lipinski definition) is 7. The SMILES string of the molecule is CC[C@@]1(O)C(=O)OCc2c1cc1n(c2=O)Cc2c-1nc1cc(F)c(C)c3c1c2[C@@H](NC(=O)[C@H](OCCC(C)(C)C)C1CC1)CC3. The van der Waals surface area contributed by atoms with E-state index in [1.165, 1.54) is 6.07 Å². The first-order chi connectivity index (χ1) is 21.3. The lowest BCUT2D eigenvalue weighted by atomic mass is 9.81. The van der Waals surface area contributed by atoms with Gasteiger partial charge in [-0.25, -0.2) is 14.2 Å². The van der Waals surface area contributed by atoms with E-state index in [4.69, 9.17) is 14.5 Å². The number of carbonyl (C=O) groups excluding carboxylic acids is 2. The molecule has 0 saturated heterocycles. The van der Waals surface area contributed by atoms with E-state index in [0.717, 1.165) is 41.3 Å². The molecular weight excluding hydrogens is 577 g/mol. The van der Waals surface area contributed by atoms with Gasteiger partial charge in [0, 0.05) is 29.2 Å². The molecule has 0 radical (unpaired) electrons. The Hall–Kier alpha value is -3.63. The Morgan fingerprint density at radius 1 is 1.22 bits per heavy atom. The average molecular weight is 618 g/mol.